The van der Waals surface area contributed by atoms with Crippen LogP contribution in [0.5, 0.6) is 5.75 Å². The molecule has 5 rings (SSSR count). The van der Waals surface area contributed by atoms with Crippen LogP contribution in [0.4, 0.5) is 0 Å². The summed E-state index contributed by atoms with van der Waals surface area (Å²) in [4.78, 5) is 19.0. The molecule has 0 spiro atoms. The van der Waals surface area contributed by atoms with E-state index in [-0.39, 0.29) is 22.2 Å². The van der Waals surface area contributed by atoms with Gasteiger partial charge in [0.1, 0.15) is 23.0 Å². The third-order valence-electron chi connectivity index (χ3n) is 6.41. The van der Waals surface area contributed by atoms with E-state index < -0.39 is 10.0 Å². The second-order valence-electron chi connectivity index (χ2n) is 8.71. The molecule has 2 aliphatic rings. The first-order valence-electron chi connectivity index (χ1n) is 11.5. The second kappa shape index (κ2) is 9.69. The number of aromatic nitrogens is 1. The summed E-state index contributed by atoms with van der Waals surface area (Å²) < 4.78 is 38.6. The second-order valence-corrected chi connectivity index (χ2v) is 10.7. The number of hydrogen-bond donors (Lipinski definition) is 0. The van der Waals surface area contributed by atoms with Crippen molar-refractivity contribution in [2.75, 3.05) is 19.6 Å². The Bertz CT molecular complexity index is 1300. The predicted molar refractivity (Wildman–Crippen MR) is 126 cm³/mol. The number of nitrogens with zero attached hydrogens (tertiary/aromatic N) is 3. The van der Waals surface area contributed by atoms with Gasteiger partial charge in [-0.15, -0.1) is 0 Å². The quantitative estimate of drug-likeness (QED) is 0.535. The van der Waals surface area contributed by atoms with Crippen molar-refractivity contribution >= 4 is 10.0 Å². The van der Waals surface area contributed by atoms with Gasteiger partial charge in [0, 0.05) is 44.6 Å². The smallest absolute Gasteiger partial charge is 0.244 e. The molecule has 1 saturated heterocycles. The first-order chi connectivity index (χ1) is 16.5. The third-order valence-corrected chi connectivity index (χ3v) is 8.29. The van der Waals surface area contributed by atoms with Gasteiger partial charge >= 0.3 is 0 Å². The molecule has 8 nitrogen and oxygen atoms in total. The predicted octanol–water partition coefficient (Wildman–Crippen LogP) is 2.83. The molecule has 0 saturated carbocycles. The van der Waals surface area contributed by atoms with Gasteiger partial charge in [-0.05, 0) is 42.5 Å². The maximum atomic E-state index is 12.8. The molecule has 0 amide bonds. The van der Waals surface area contributed by atoms with Gasteiger partial charge in [0.15, 0.2) is 0 Å². The van der Waals surface area contributed by atoms with Crippen LogP contribution in [0, 0.1) is 0 Å². The fourth-order valence-corrected chi connectivity index (χ4v) is 5.97. The molecule has 2 aromatic heterocycles. The average Bonchev–Trinajstić information content (AvgIpc) is 2.86. The normalized spacial score (nSPS) is 17.9. The minimum Gasteiger partial charge on any atom is -0.483 e. The van der Waals surface area contributed by atoms with Gasteiger partial charge in [0.05, 0.1) is 6.54 Å². The highest BCUT2D eigenvalue weighted by molar-refractivity contribution is 7.89. The summed E-state index contributed by atoms with van der Waals surface area (Å²) in [6.07, 6.45) is 6.01. The van der Waals surface area contributed by atoms with Crippen molar-refractivity contribution in [3.63, 3.8) is 0 Å². The molecule has 0 radical (unpaired) electrons. The van der Waals surface area contributed by atoms with Gasteiger partial charge in [0.2, 0.25) is 21.2 Å². The van der Waals surface area contributed by atoms with Crippen molar-refractivity contribution in [2.24, 2.45) is 0 Å². The lowest BCUT2D eigenvalue weighted by atomic mass is 10.00. The fourth-order valence-electron chi connectivity index (χ4n) is 4.54. The van der Waals surface area contributed by atoms with Crippen molar-refractivity contribution in [3.05, 3.63) is 88.2 Å². The van der Waals surface area contributed by atoms with Crippen LogP contribution in [-0.4, -0.2) is 48.3 Å². The number of ether oxygens (including phenoxy) is 1. The van der Waals surface area contributed by atoms with Crippen molar-refractivity contribution < 1.29 is 17.6 Å². The van der Waals surface area contributed by atoms with Gasteiger partial charge in [0.25, 0.3) is 0 Å². The summed E-state index contributed by atoms with van der Waals surface area (Å²) in [5, 5.41) is 0. The molecule has 3 aromatic rings. The Balaban J connectivity index is 1.17. The number of fused-ring (bicyclic) bond motifs is 1. The number of piperidine rings is 1. The zero-order valence-electron chi connectivity index (χ0n) is 18.8. The summed E-state index contributed by atoms with van der Waals surface area (Å²) in [6, 6.07) is 13.1. The van der Waals surface area contributed by atoms with Crippen LogP contribution >= 0.6 is 0 Å². The average molecular weight is 482 g/mol. The molecule has 178 valence electrons. The highest BCUT2D eigenvalue weighted by Crippen LogP contribution is 2.23. The van der Waals surface area contributed by atoms with E-state index in [9.17, 15) is 13.2 Å². The summed E-state index contributed by atoms with van der Waals surface area (Å²) in [5.74, 6) is 0.774. The first-order valence-corrected chi connectivity index (χ1v) is 12.9. The molecule has 34 heavy (non-hydrogen) atoms. The molecule has 1 fully saturated rings. The number of hydrogen-bond acceptors (Lipinski definition) is 7. The van der Waals surface area contributed by atoms with Gasteiger partial charge in [-0.25, -0.2) is 8.42 Å². The van der Waals surface area contributed by atoms with E-state index in [0.717, 1.165) is 19.5 Å². The van der Waals surface area contributed by atoms with Crippen molar-refractivity contribution in [1.29, 1.82) is 0 Å². The lowest BCUT2D eigenvalue weighted by molar-refractivity contribution is 0.130. The molecule has 0 bridgehead atoms. The van der Waals surface area contributed by atoms with Crippen molar-refractivity contribution in [1.82, 2.24) is 14.2 Å². The van der Waals surface area contributed by atoms with Gasteiger partial charge in [-0.2, -0.15) is 4.31 Å². The summed E-state index contributed by atoms with van der Waals surface area (Å²) in [5.41, 5.74) is 2.47. The minimum atomic E-state index is -3.57. The highest BCUT2D eigenvalue weighted by Gasteiger charge is 2.30. The number of benzene rings is 1. The van der Waals surface area contributed by atoms with Crippen molar-refractivity contribution in [2.45, 2.75) is 43.4 Å². The number of pyridine rings is 1. The Morgan fingerprint density at radius 1 is 1.06 bits per heavy atom. The maximum Gasteiger partial charge on any atom is 0.244 e. The Kier molecular flexibility index (Phi) is 6.49. The molecule has 2 aliphatic heterocycles. The lowest BCUT2D eigenvalue weighted by Gasteiger charge is -2.31. The van der Waals surface area contributed by atoms with Crippen molar-refractivity contribution in [3.8, 4) is 5.75 Å². The molecule has 0 aliphatic carbocycles. The van der Waals surface area contributed by atoms with E-state index in [1.165, 1.54) is 34.0 Å². The minimum absolute atomic E-state index is 0.168. The molecule has 0 unspecified atom stereocenters. The Morgan fingerprint density at radius 3 is 2.59 bits per heavy atom. The maximum absolute atomic E-state index is 12.8. The topological polar surface area (TPSA) is 93.0 Å². The lowest BCUT2D eigenvalue weighted by Crippen LogP contribution is -2.42. The fraction of sp³-hybridized carbons (Fsp3) is 0.360. The first kappa shape index (κ1) is 22.8. The van der Waals surface area contributed by atoms with E-state index in [4.69, 9.17) is 9.15 Å². The van der Waals surface area contributed by atoms with E-state index in [0.29, 0.717) is 38.2 Å². The van der Waals surface area contributed by atoms with E-state index in [2.05, 4.69) is 28.1 Å². The molecule has 0 N–H and O–H groups in total. The highest BCUT2D eigenvalue weighted by atomic mass is 32.2. The largest absolute Gasteiger partial charge is 0.483 e. The van der Waals surface area contributed by atoms with Crippen LogP contribution < -0.4 is 10.2 Å². The number of rotatable bonds is 6. The van der Waals surface area contributed by atoms with Gasteiger partial charge in [-0.3, -0.25) is 14.7 Å². The SMILES string of the molecule is O=c1cc(CN2CCc3ccccc3C2)occ1OC1CCN(S(=O)(=O)c2cccnc2)CC1. The molecule has 4 heterocycles. The van der Waals surface area contributed by atoms with Crippen LogP contribution in [0.1, 0.15) is 29.7 Å². The zero-order chi connectivity index (χ0) is 23.5. The Labute approximate surface area is 198 Å². The third kappa shape index (κ3) is 4.91. The van der Waals surface area contributed by atoms with E-state index >= 15 is 0 Å². The van der Waals surface area contributed by atoms with Gasteiger partial charge in [-0.1, -0.05) is 24.3 Å². The van der Waals surface area contributed by atoms with Gasteiger partial charge < -0.3 is 9.15 Å². The summed E-state index contributed by atoms with van der Waals surface area (Å²) >= 11 is 0. The zero-order valence-corrected chi connectivity index (χ0v) is 19.6. The molecule has 9 heteroatoms. The molecular formula is C25H27N3O5S. The van der Waals surface area contributed by atoms with Crippen LogP contribution in [-0.2, 0) is 29.5 Å². The standard InChI is InChI=1S/C25H27N3O5S/c29-24-14-22(17-27-11-7-19-4-1-2-5-20(19)16-27)32-18-25(24)33-21-8-12-28(13-9-21)34(30,31)23-6-3-10-26-15-23/h1-6,10,14-15,18,21H,7-9,11-13,16-17H2. The van der Waals surface area contributed by atoms with Crippen LogP contribution in [0.3, 0.4) is 0 Å². The monoisotopic (exact) mass is 481 g/mol. The van der Waals surface area contributed by atoms with E-state index in [1.807, 2.05) is 6.07 Å². The Morgan fingerprint density at radius 2 is 1.85 bits per heavy atom. The molecule has 0 atom stereocenters. The van der Waals surface area contributed by atoms with Crippen LogP contribution in [0.15, 0.2) is 75.2 Å². The van der Waals surface area contributed by atoms with Crippen LogP contribution in [0.25, 0.3) is 0 Å². The molecule has 1 aromatic carbocycles. The van der Waals surface area contributed by atoms with Crippen LogP contribution in [0.2, 0.25) is 0 Å². The van der Waals surface area contributed by atoms with E-state index in [1.54, 1.807) is 18.3 Å². The molecular weight excluding hydrogens is 454 g/mol. The number of sulfonamides is 1. The summed E-state index contributed by atoms with van der Waals surface area (Å²) in [6.45, 7) is 2.95. The summed E-state index contributed by atoms with van der Waals surface area (Å²) in [7, 11) is -3.57. The Hall–Kier alpha value is -3.01.